The van der Waals surface area contributed by atoms with Gasteiger partial charge in [0.2, 0.25) is 0 Å². The number of primary amides is 1. The zero-order valence-electron chi connectivity index (χ0n) is 13.5. The smallest absolute Gasteiger partial charge is 0.267 e. The van der Waals surface area contributed by atoms with Crippen LogP contribution in [0, 0.1) is 5.21 Å². The molecule has 1 atom stereocenters. The van der Waals surface area contributed by atoms with Gasteiger partial charge in [-0.3, -0.25) is 14.6 Å². The summed E-state index contributed by atoms with van der Waals surface area (Å²) in [5.41, 5.74) is 5.69. The first-order valence-electron chi connectivity index (χ1n) is 7.93. The lowest BCUT2D eigenvalue weighted by Gasteiger charge is -2.32. The number of nitrogens with zero attached hydrogens (tertiary/aromatic N) is 3. The van der Waals surface area contributed by atoms with E-state index in [4.69, 9.17) is 10.5 Å². The number of piperidine rings is 1. The second kappa shape index (κ2) is 7.16. The van der Waals surface area contributed by atoms with Gasteiger partial charge in [0.05, 0.1) is 6.54 Å². The summed E-state index contributed by atoms with van der Waals surface area (Å²) in [4.78, 5) is 29.3. The van der Waals surface area contributed by atoms with Crippen molar-refractivity contribution in [2.45, 2.75) is 18.9 Å². The van der Waals surface area contributed by atoms with Crippen LogP contribution in [0.15, 0.2) is 42.9 Å². The summed E-state index contributed by atoms with van der Waals surface area (Å²) in [5, 5.41) is 11.3. The van der Waals surface area contributed by atoms with Gasteiger partial charge >= 0.3 is 0 Å². The molecule has 0 aromatic carbocycles. The lowest BCUT2D eigenvalue weighted by atomic mass is 10.1. The van der Waals surface area contributed by atoms with Crippen LogP contribution < -0.4 is 15.2 Å². The quantitative estimate of drug-likeness (QED) is 0.642. The average Bonchev–Trinajstić information content (AvgIpc) is 2.61. The summed E-state index contributed by atoms with van der Waals surface area (Å²) in [5.74, 6) is -0.341. The molecule has 1 aliphatic heterocycles. The second-order valence-electron chi connectivity index (χ2n) is 5.83. The van der Waals surface area contributed by atoms with E-state index in [1.54, 1.807) is 23.1 Å². The number of likely N-dealkylation sites (tertiary alicyclic amines) is 1. The Balaban J connectivity index is 1.68. The van der Waals surface area contributed by atoms with E-state index >= 15 is 0 Å². The van der Waals surface area contributed by atoms with Gasteiger partial charge < -0.3 is 20.6 Å². The molecule has 2 aromatic rings. The predicted octanol–water partition coefficient (Wildman–Crippen LogP) is 0.497. The van der Waals surface area contributed by atoms with Gasteiger partial charge in [0.1, 0.15) is 23.1 Å². The van der Waals surface area contributed by atoms with Crippen LogP contribution >= 0.6 is 0 Å². The van der Waals surface area contributed by atoms with Gasteiger partial charge in [-0.1, -0.05) is 0 Å². The summed E-state index contributed by atoms with van der Waals surface area (Å²) in [6.07, 6.45) is 5.41. The highest BCUT2D eigenvalue weighted by Gasteiger charge is 2.26. The molecule has 0 radical (unpaired) electrons. The van der Waals surface area contributed by atoms with E-state index in [0.29, 0.717) is 29.1 Å². The normalized spacial score (nSPS) is 17.1. The third-order valence-electron chi connectivity index (χ3n) is 3.97. The molecular formula is C17H18N4O4. The fraction of sp³-hybridized carbons (Fsp3) is 0.294. The Labute approximate surface area is 144 Å². The SMILES string of the molecule is NC(=O)c1cc(OC2CCCN(C(=O)c3ccc[n+]([O-])c3)C2)ccn1. The van der Waals surface area contributed by atoms with Crippen molar-refractivity contribution in [2.75, 3.05) is 13.1 Å². The van der Waals surface area contributed by atoms with E-state index < -0.39 is 5.91 Å². The molecule has 0 aliphatic carbocycles. The summed E-state index contributed by atoms with van der Waals surface area (Å²) in [6.45, 7) is 1.01. The molecule has 8 heteroatoms. The lowest BCUT2D eigenvalue weighted by molar-refractivity contribution is -0.605. The van der Waals surface area contributed by atoms with Crippen LogP contribution in [-0.2, 0) is 0 Å². The number of hydrogen-bond acceptors (Lipinski definition) is 5. The highest BCUT2D eigenvalue weighted by Crippen LogP contribution is 2.20. The Bertz CT molecular complexity index is 796. The van der Waals surface area contributed by atoms with Crippen molar-refractivity contribution >= 4 is 11.8 Å². The molecule has 1 saturated heterocycles. The summed E-state index contributed by atoms with van der Waals surface area (Å²) >= 11 is 0. The Kier molecular flexibility index (Phi) is 4.78. The molecule has 1 unspecified atom stereocenters. The highest BCUT2D eigenvalue weighted by atomic mass is 16.5. The first kappa shape index (κ1) is 16.7. The molecule has 0 bridgehead atoms. The zero-order chi connectivity index (χ0) is 17.8. The summed E-state index contributed by atoms with van der Waals surface area (Å²) < 4.78 is 6.48. The maximum Gasteiger partial charge on any atom is 0.267 e. The fourth-order valence-electron chi connectivity index (χ4n) is 2.79. The molecule has 130 valence electrons. The van der Waals surface area contributed by atoms with Crippen molar-refractivity contribution in [2.24, 2.45) is 5.73 Å². The number of nitrogens with two attached hydrogens (primary N) is 1. The van der Waals surface area contributed by atoms with Crippen molar-refractivity contribution < 1.29 is 19.1 Å². The molecule has 3 rings (SSSR count). The maximum absolute atomic E-state index is 12.5. The van der Waals surface area contributed by atoms with Crippen molar-refractivity contribution in [3.05, 3.63) is 59.3 Å². The minimum absolute atomic E-state index is 0.130. The van der Waals surface area contributed by atoms with E-state index in [2.05, 4.69) is 4.98 Å². The van der Waals surface area contributed by atoms with E-state index in [1.807, 2.05) is 0 Å². The number of ether oxygens (including phenoxy) is 1. The number of hydrogen-bond donors (Lipinski definition) is 1. The van der Waals surface area contributed by atoms with Gasteiger partial charge in [0, 0.05) is 24.9 Å². The van der Waals surface area contributed by atoms with Crippen molar-refractivity contribution in [1.29, 1.82) is 0 Å². The van der Waals surface area contributed by atoms with E-state index in [9.17, 15) is 14.8 Å². The van der Waals surface area contributed by atoms with Gasteiger partial charge in [0.15, 0.2) is 12.4 Å². The van der Waals surface area contributed by atoms with E-state index in [1.165, 1.54) is 24.7 Å². The molecule has 2 N–H and O–H groups in total. The molecule has 2 amide bonds. The maximum atomic E-state index is 12.5. The molecule has 8 nitrogen and oxygen atoms in total. The largest absolute Gasteiger partial charge is 0.619 e. The Morgan fingerprint density at radius 2 is 2.24 bits per heavy atom. The van der Waals surface area contributed by atoms with Crippen molar-refractivity contribution in [1.82, 2.24) is 9.88 Å². The molecule has 0 saturated carbocycles. The van der Waals surface area contributed by atoms with Crippen LogP contribution in [0.3, 0.4) is 0 Å². The number of aromatic nitrogens is 2. The average molecular weight is 342 g/mol. The third-order valence-corrected chi connectivity index (χ3v) is 3.97. The predicted molar refractivity (Wildman–Crippen MR) is 87.7 cm³/mol. The monoisotopic (exact) mass is 342 g/mol. The highest BCUT2D eigenvalue weighted by molar-refractivity contribution is 5.93. The Hall–Kier alpha value is -3.16. The number of amides is 2. The molecule has 0 spiro atoms. The van der Waals surface area contributed by atoms with Crippen LogP contribution in [-0.4, -0.2) is 40.9 Å². The van der Waals surface area contributed by atoms with Gasteiger partial charge in [0.25, 0.3) is 11.8 Å². The van der Waals surface area contributed by atoms with E-state index in [0.717, 1.165) is 12.8 Å². The zero-order valence-corrected chi connectivity index (χ0v) is 13.5. The van der Waals surface area contributed by atoms with Crippen LogP contribution in [0.5, 0.6) is 5.75 Å². The van der Waals surface area contributed by atoms with Crippen LogP contribution in [0.2, 0.25) is 0 Å². The lowest BCUT2D eigenvalue weighted by Crippen LogP contribution is -2.45. The number of pyridine rings is 2. The molecule has 3 heterocycles. The van der Waals surface area contributed by atoms with Gasteiger partial charge in [-0.25, -0.2) is 0 Å². The number of rotatable bonds is 4. The molecule has 25 heavy (non-hydrogen) atoms. The first-order chi connectivity index (χ1) is 12.0. The third kappa shape index (κ3) is 4.03. The van der Waals surface area contributed by atoms with E-state index in [-0.39, 0.29) is 17.7 Å². The van der Waals surface area contributed by atoms with Gasteiger partial charge in [-0.15, -0.1) is 0 Å². The minimum atomic E-state index is -0.624. The van der Waals surface area contributed by atoms with Crippen LogP contribution in [0.25, 0.3) is 0 Å². The van der Waals surface area contributed by atoms with Crippen LogP contribution in [0.1, 0.15) is 33.7 Å². The first-order valence-corrected chi connectivity index (χ1v) is 7.93. The molecule has 1 aliphatic rings. The number of carbonyl (C=O) groups excluding carboxylic acids is 2. The van der Waals surface area contributed by atoms with Gasteiger partial charge in [-0.05, 0) is 25.0 Å². The summed E-state index contributed by atoms with van der Waals surface area (Å²) in [7, 11) is 0. The summed E-state index contributed by atoms with van der Waals surface area (Å²) in [6, 6.07) is 6.29. The van der Waals surface area contributed by atoms with Gasteiger partial charge in [-0.2, -0.15) is 4.73 Å². The fourth-order valence-corrected chi connectivity index (χ4v) is 2.79. The topological polar surface area (TPSA) is 112 Å². The molecule has 1 fully saturated rings. The standard InChI is InChI=1S/C17H18N4O4/c18-16(22)15-9-13(5-6-19-15)25-14-4-2-7-20(11-14)17(23)12-3-1-8-21(24)10-12/h1,3,5-6,8-10,14H,2,4,7,11H2,(H2,18,22). The van der Waals surface area contributed by atoms with Crippen molar-refractivity contribution in [3.8, 4) is 5.75 Å². The Morgan fingerprint density at radius 1 is 1.40 bits per heavy atom. The minimum Gasteiger partial charge on any atom is -0.619 e. The molecule has 2 aromatic heterocycles. The van der Waals surface area contributed by atoms with Crippen LogP contribution in [0.4, 0.5) is 0 Å². The second-order valence-corrected chi connectivity index (χ2v) is 5.83. The van der Waals surface area contributed by atoms with Crippen molar-refractivity contribution in [3.63, 3.8) is 0 Å². The number of carbonyl (C=O) groups is 2. The molecular weight excluding hydrogens is 324 g/mol. The Morgan fingerprint density at radius 3 is 3.00 bits per heavy atom.